The molecule has 0 radical (unpaired) electrons. The van der Waals surface area contributed by atoms with E-state index in [0.717, 1.165) is 26.2 Å². The van der Waals surface area contributed by atoms with Crippen molar-refractivity contribution < 1.29 is 0 Å². The normalized spacial score (nSPS) is 24.4. The van der Waals surface area contributed by atoms with Gasteiger partial charge < -0.3 is 0 Å². The van der Waals surface area contributed by atoms with Crippen LogP contribution in [0.4, 0.5) is 0 Å². The topological polar surface area (TPSA) is 72.8 Å². The smallest absolute Gasteiger partial charge is 0.104 e. The van der Waals surface area contributed by atoms with Crippen LogP contribution in [-0.4, -0.2) is 49.6 Å². The second-order valence-electron chi connectivity index (χ2n) is 6.19. The molecule has 6 nitrogen and oxygen atoms in total. The van der Waals surface area contributed by atoms with E-state index in [9.17, 15) is 0 Å². The van der Waals surface area contributed by atoms with Crippen molar-refractivity contribution in [1.29, 1.82) is 0 Å². The van der Waals surface area contributed by atoms with Crippen molar-refractivity contribution in [2.45, 2.75) is 51.1 Å². The van der Waals surface area contributed by atoms with Gasteiger partial charge in [-0.2, -0.15) is 10.2 Å². The summed E-state index contributed by atoms with van der Waals surface area (Å²) in [5.74, 6) is 0. The first kappa shape index (κ1) is 13.9. The van der Waals surface area contributed by atoms with Gasteiger partial charge in [-0.1, -0.05) is 0 Å². The summed E-state index contributed by atoms with van der Waals surface area (Å²) in [5, 5.41) is 22.8. The molecule has 0 spiro atoms. The highest BCUT2D eigenvalue weighted by Gasteiger charge is 2.35. The van der Waals surface area contributed by atoms with E-state index in [2.05, 4.69) is 59.2 Å². The zero-order valence-electron chi connectivity index (χ0n) is 11.9. The zero-order valence-corrected chi connectivity index (χ0v) is 11.9. The number of nitrogens with one attached hydrogen (secondary N) is 4. The van der Waals surface area contributed by atoms with Gasteiger partial charge in [-0.25, -0.2) is 0 Å². The van der Waals surface area contributed by atoms with Crippen LogP contribution in [0.5, 0.6) is 0 Å². The standard InChI is InChI=1S/C12H26N6/c1-11(2,9-13-5-6-14-9)17-18-12(3,4)10-15-7-8-16-10/h9-10,13-16H,5-8H2,1-4H3. The minimum atomic E-state index is -0.230. The first-order valence-electron chi connectivity index (χ1n) is 6.79. The van der Waals surface area contributed by atoms with Gasteiger partial charge >= 0.3 is 0 Å². The van der Waals surface area contributed by atoms with Gasteiger partial charge in [0.05, 0.1) is 12.3 Å². The van der Waals surface area contributed by atoms with E-state index in [0.29, 0.717) is 0 Å². The Morgan fingerprint density at radius 1 is 0.667 bits per heavy atom. The lowest BCUT2D eigenvalue weighted by molar-refractivity contribution is 0.290. The van der Waals surface area contributed by atoms with Crippen LogP contribution in [0.25, 0.3) is 0 Å². The summed E-state index contributed by atoms with van der Waals surface area (Å²) < 4.78 is 0. The number of azo groups is 1. The fraction of sp³-hybridized carbons (Fsp3) is 1.00. The van der Waals surface area contributed by atoms with Gasteiger partial charge in [0.15, 0.2) is 0 Å². The number of rotatable bonds is 4. The Morgan fingerprint density at radius 2 is 0.944 bits per heavy atom. The molecule has 2 heterocycles. The molecule has 0 amide bonds. The first-order valence-corrected chi connectivity index (χ1v) is 6.79. The van der Waals surface area contributed by atoms with Gasteiger partial charge in [0.2, 0.25) is 0 Å². The first-order chi connectivity index (χ1) is 8.42. The van der Waals surface area contributed by atoms with Crippen LogP contribution >= 0.6 is 0 Å². The molecule has 0 aromatic rings. The average molecular weight is 254 g/mol. The van der Waals surface area contributed by atoms with Gasteiger partial charge in [-0.15, -0.1) is 0 Å². The van der Waals surface area contributed by atoms with Gasteiger partial charge in [0, 0.05) is 26.2 Å². The molecule has 0 aromatic heterocycles. The summed E-state index contributed by atoms with van der Waals surface area (Å²) in [7, 11) is 0. The summed E-state index contributed by atoms with van der Waals surface area (Å²) >= 11 is 0. The van der Waals surface area contributed by atoms with E-state index in [1.807, 2.05) is 0 Å². The summed E-state index contributed by atoms with van der Waals surface area (Å²) in [4.78, 5) is 0. The lowest BCUT2D eigenvalue weighted by Crippen LogP contribution is -2.50. The molecule has 104 valence electrons. The maximum absolute atomic E-state index is 4.57. The van der Waals surface area contributed by atoms with E-state index >= 15 is 0 Å². The Kier molecular flexibility index (Phi) is 4.01. The Hall–Kier alpha value is -0.560. The minimum absolute atomic E-state index is 0.210. The van der Waals surface area contributed by atoms with Crippen LogP contribution in [0.1, 0.15) is 27.7 Å². The molecule has 0 bridgehead atoms. The third-order valence-electron chi connectivity index (χ3n) is 3.62. The van der Waals surface area contributed by atoms with E-state index in [1.165, 1.54) is 0 Å². The van der Waals surface area contributed by atoms with Crippen LogP contribution in [0, 0.1) is 0 Å². The van der Waals surface area contributed by atoms with Crippen LogP contribution in [0.2, 0.25) is 0 Å². The maximum Gasteiger partial charge on any atom is 0.104 e. The molecule has 0 unspecified atom stereocenters. The Balaban J connectivity index is 1.99. The van der Waals surface area contributed by atoms with Crippen molar-refractivity contribution in [1.82, 2.24) is 21.3 Å². The van der Waals surface area contributed by atoms with Gasteiger partial charge in [0.1, 0.15) is 11.1 Å². The summed E-state index contributed by atoms with van der Waals surface area (Å²) in [6.07, 6.45) is 0.420. The molecule has 2 rings (SSSR count). The average Bonchev–Trinajstić information content (AvgIpc) is 2.99. The molecule has 0 aliphatic carbocycles. The molecular weight excluding hydrogens is 228 g/mol. The van der Waals surface area contributed by atoms with Crippen LogP contribution in [-0.2, 0) is 0 Å². The van der Waals surface area contributed by atoms with Crippen molar-refractivity contribution in [3.63, 3.8) is 0 Å². The van der Waals surface area contributed by atoms with Gasteiger partial charge in [-0.05, 0) is 27.7 Å². The second kappa shape index (κ2) is 5.21. The molecule has 2 fully saturated rings. The third-order valence-corrected chi connectivity index (χ3v) is 3.62. The lowest BCUT2D eigenvalue weighted by atomic mass is 10.0. The molecule has 4 N–H and O–H groups in total. The van der Waals surface area contributed by atoms with Crippen molar-refractivity contribution >= 4 is 0 Å². The fourth-order valence-corrected chi connectivity index (χ4v) is 2.38. The summed E-state index contributed by atoms with van der Waals surface area (Å²) in [6, 6.07) is 0. The van der Waals surface area contributed by atoms with Crippen molar-refractivity contribution in [2.24, 2.45) is 10.2 Å². The quantitative estimate of drug-likeness (QED) is 0.534. The molecule has 2 saturated heterocycles. The molecule has 0 aromatic carbocycles. The van der Waals surface area contributed by atoms with E-state index in [4.69, 9.17) is 0 Å². The summed E-state index contributed by atoms with van der Waals surface area (Å²) in [6.45, 7) is 12.4. The Morgan fingerprint density at radius 3 is 1.22 bits per heavy atom. The largest absolute Gasteiger partial charge is 0.299 e. The molecule has 6 heteroatoms. The van der Waals surface area contributed by atoms with Crippen molar-refractivity contribution in [3.05, 3.63) is 0 Å². The highest BCUT2D eigenvalue weighted by atomic mass is 15.3. The van der Waals surface area contributed by atoms with Gasteiger partial charge in [0.25, 0.3) is 0 Å². The van der Waals surface area contributed by atoms with Crippen molar-refractivity contribution in [2.75, 3.05) is 26.2 Å². The van der Waals surface area contributed by atoms with E-state index < -0.39 is 0 Å². The number of nitrogens with zero attached hydrogens (tertiary/aromatic N) is 2. The van der Waals surface area contributed by atoms with Crippen LogP contribution in [0.15, 0.2) is 10.2 Å². The third kappa shape index (κ3) is 3.06. The second-order valence-corrected chi connectivity index (χ2v) is 6.19. The molecule has 0 saturated carbocycles. The monoisotopic (exact) mass is 254 g/mol. The SMILES string of the molecule is CC(C)(N=NC(C)(C)C1NCCN1)C1NCCN1. The Bertz CT molecular complexity index is 270. The predicted molar refractivity (Wildman–Crippen MR) is 72.6 cm³/mol. The Labute approximate surface area is 109 Å². The maximum atomic E-state index is 4.57. The highest BCUT2D eigenvalue weighted by molar-refractivity contribution is 4.96. The fourth-order valence-electron chi connectivity index (χ4n) is 2.38. The predicted octanol–water partition coefficient (Wildman–Crippen LogP) is 0.0336. The minimum Gasteiger partial charge on any atom is -0.299 e. The molecule has 2 aliphatic heterocycles. The number of hydrogen-bond donors (Lipinski definition) is 4. The van der Waals surface area contributed by atoms with Gasteiger partial charge in [-0.3, -0.25) is 21.3 Å². The number of hydrogen-bond acceptors (Lipinski definition) is 6. The van der Waals surface area contributed by atoms with Crippen LogP contribution in [0.3, 0.4) is 0 Å². The van der Waals surface area contributed by atoms with E-state index in [1.54, 1.807) is 0 Å². The molecule has 2 aliphatic rings. The molecule has 0 atom stereocenters. The molecular formula is C12H26N6. The van der Waals surface area contributed by atoms with E-state index in [-0.39, 0.29) is 23.4 Å². The molecule has 18 heavy (non-hydrogen) atoms. The highest BCUT2D eigenvalue weighted by Crippen LogP contribution is 2.21. The lowest BCUT2D eigenvalue weighted by Gasteiger charge is -2.30. The van der Waals surface area contributed by atoms with Crippen LogP contribution < -0.4 is 21.3 Å². The van der Waals surface area contributed by atoms with Crippen molar-refractivity contribution in [3.8, 4) is 0 Å². The zero-order chi connectivity index (χ0) is 13.2. The summed E-state index contributed by atoms with van der Waals surface area (Å²) in [5.41, 5.74) is -0.460.